The van der Waals surface area contributed by atoms with E-state index < -0.39 is 56.1 Å². The van der Waals surface area contributed by atoms with Gasteiger partial charge in [-0.25, -0.2) is 18.8 Å². The van der Waals surface area contributed by atoms with Crippen molar-refractivity contribution in [1.29, 1.82) is 0 Å². The summed E-state index contributed by atoms with van der Waals surface area (Å²) < 4.78 is 97.4. The number of carbonyl (C=O) groups is 1. The zero-order chi connectivity index (χ0) is 100. The Morgan fingerprint density at radius 3 is 1.22 bits per heavy atom. The highest BCUT2D eigenvalue weighted by molar-refractivity contribution is 9.10. The summed E-state index contributed by atoms with van der Waals surface area (Å²) in [5.74, 6) is 2.00. The number of halogens is 2. The van der Waals surface area contributed by atoms with Crippen molar-refractivity contribution in [2.75, 3.05) is 55.7 Å². The van der Waals surface area contributed by atoms with Crippen LogP contribution in [0, 0.1) is 0 Å². The van der Waals surface area contributed by atoms with Crippen LogP contribution in [0.25, 0.3) is 109 Å². The fourth-order valence-corrected chi connectivity index (χ4v) is 26.6. The highest BCUT2D eigenvalue weighted by Gasteiger charge is 2.46. The largest absolute Gasteiger partial charge is 0.497 e. The second-order valence-corrected chi connectivity index (χ2v) is 46.4. The summed E-state index contributed by atoms with van der Waals surface area (Å²) in [7, 11) is 5.22. The van der Waals surface area contributed by atoms with Crippen molar-refractivity contribution in [3.05, 3.63) is 388 Å². The number of nitrogens with zero attached hydrogens (tertiary/aromatic N) is 3. The third-order valence-corrected chi connectivity index (χ3v) is 34.8. The molecule has 1 aliphatic carbocycles. The summed E-state index contributed by atoms with van der Waals surface area (Å²) >= 11 is 7.15. The molecule has 0 saturated carbocycles. The molecule has 0 N–H and O–H groups in total. The fourth-order valence-electron chi connectivity index (χ4n) is 18.4. The minimum atomic E-state index is -1.61. The molecule has 0 amide bonds. The maximum absolute atomic E-state index is 13.1. The summed E-state index contributed by atoms with van der Waals surface area (Å²) in [6.45, 7) is 16.8. The van der Waals surface area contributed by atoms with E-state index in [1.54, 1.807) is 14.2 Å². The van der Waals surface area contributed by atoms with Gasteiger partial charge in [-0.3, -0.25) is 4.52 Å². The second-order valence-electron chi connectivity index (χ2n) is 36.0. The number of hydrogen-bond acceptors (Lipinski definition) is 19. The molecule has 3 unspecified atom stereocenters. The third kappa shape index (κ3) is 24.2. The summed E-state index contributed by atoms with van der Waals surface area (Å²) in [6, 6.07) is 117. The summed E-state index contributed by atoms with van der Waals surface area (Å²) in [6.07, 6.45) is 3.96. The quantitative estimate of drug-likeness (QED) is 0.0476. The molecule has 4 aliphatic heterocycles. The zero-order valence-electron chi connectivity index (χ0n) is 82.9. The third-order valence-electron chi connectivity index (χ3n) is 25.9. The molecule has 3 fully saturated rings. The minimum Gasteiger partial charge on any atom is -0.497 e. The first-order chi connectivity index (χ1) is 70.0. The van der Waals surface area contributed by atoms with Crippen molar-refractivity contribution >= 4 is 175 Å². The lowest BCUT2D eigenvalue weighted by atomic mass is 9.94. The lowest BCUT2D eigenvalue weighted by Crippen LogP contribution is -2.32. The Bertz CT molecular complexity index is 7220. The minimum absolute atomic E-state index is 0.00968. The Labute approximate surface area is 865 Å². The smallest absolute Gasteiger partial charge is 0.340 e. The molecule has 740 valence electrons. The van der Waals surface area contributed by atoms with Gasteiger partial charge in [0, 0.05) is 81.0 Å². The Hall–Kier alpha value is -10.5. The highest BCUT2D eigenvalue weighted by Crippen LogP contribution is 2.62. The number of fused-ring (bicyclic) bond motifs is 18. The van der Waals surface area contributed by atoms with Crippen LogP contribution in [0.4, 0.5) is 0 Å². The first-order valence-electron chi connectivity index (χ1n) is 48.2. The number of rotatable bonds is 17. The van der Waals surface area contributed by atoms with Gasteiger partial charge in [0.1, 0.15) is 51.8 Å². The summed E-state index contributed by atoms with van der Waals surface area (Å²) in [5.41, 5.74) is 16.2. The van der Waals surface area contributed by atoms with Crippen molar-refractivity contribution in [2.45, 2.75) is 115 Å². The normalized spacial score (nSPS) is 19.3. The lowest BCUT2D eigenvalue weighted by molar-refractivity contribution is -0.153. The van der Waals surface area contributed by atoms with E-state index in [0.717, 1.165) is 156 Å². The van der Waals surface area contributed by atoms with Gasteiger partial charge in [0.25, 0.3) is 17.1 Å². The van der Waals surface area contributed by atoms with Crippen molar-refractivity contribution in [3.8, 4) is 39.5 Å². The van der Waals surface area contributed by atoms with Gasteiger partial charge in [-0.2, -0.15) is 0 Å². The van der Waals surface area contributed by atoms with Crippen LogP contribution in [0.1, 0.15) is 129 Å². The van der Waals surface area contributed by atoms with Gasteiger partial charge in [0.05, 0.1) is 45.2 Å². The molecule has 2 aromatic heterocycles. The molecule has 6 heterocycles. The Morgan fingerprint density at radius 1 is 0.410 bits per heavy atom. The maximum atomic E-state index is 13.1. The number of unbranched alkanes of at least 4 members (excludes halogenated alkanes) is 1. The number of aryl methyl sites for hydroxylation is 2. The van der Waals surface area contributed by atoms with Gasteiger partial charge < -0.3 is 62.7 Å². The number of ether oxygens (including phenoxy) is 3. The van der Waals surface area contributed by atoms with Gasteiger partial charge in [0.15, 0.2) is 14.5 Å². The molecule has 19 nitrogen and oxygen atoms in total. The van der Waals surface area contributed by atoms with Gasteiger partial charge in [-0.1, -0.05) is 294 Å². The van der Waals surface area contributed by atoms with E-state index in [4.69, 9.17) is 67.2 Å². The van der Waals surface area contributed by atoms with Gasteiger partial charge >= 0.3 is 14.5 Å². The zero-order valence-corrected chi connectivity index (χ0v) is 91.4. The van der Waals surface area contributed by atoms with Crippen LogP contribution in [0.2, 0.25) is 0 Å². The van der Waals surface area contributed by atoms with Crippen molar-refractivity contribution in [3.63, 3.8) is 0 Å². The average molecular weight is 2170 g/mol. The number of hydrogen-bond donors (Lipinski definition) is 0. The van der Waals surface area contributed by atoms with E-state index >= 15 is 0 Å². The molecule has 5 aliphatic rings. The van der Waals surface area contributed by atoms with E-state index in [1.165, 1.54) is 33.0 Å². The number of para-hydroxylation sites is 1. The Balaban J connectivity index is 0.000000120. The summed E-state index contributed by atoms with van der Waals surface area (Å²) in [4.78, 5) is 13.1. The van der Waals surface area contributed by atoms with Crippen LogP contribution in [-0.2, 0) is 60.9 Å². The predicted molar refractivity (Wildman–Crippen MR) is 598 cm³/mol. The van der Waals surface area contributed by atoms with Crippen molar-refractivity contribution < 1.29 is 72.0 Å². The fraction of sp³-hybridized carbons (Fsp3) is 0.239. The van der Waals surface area contributed by atoms with Crippen LogP contribution in [0.15, 0.2) is 365 Å². The lowest BCUT2D eigenvalue weighted by Gasteiger charge is -2.41. The van der Waals surface area contributed by atoms with Gasteiger partial charge in [-0.15, -0.1) is 0 Å². The van der Waals surface area contributed by atoms with E-state index in [-0.39, 0.29) is 42.5 Å². The highest BCUT2D eigenvalue weighted by atomic mass is 79.9. The Kier molecular flexibility index (Phi) is 34.5. The molecule has 0 spiro atoms. The van der Waals surface area contributed by atoms with Crippen molar-refractivity contribution in [1.82, 2.24) is 14.0 Å². The second kappa shape index (κ2) is 48.0. The number of benzene rings is 16. The molecule has 144 heavy (non-hydrogen) atoms. The van der Waals surface area contributed by atoms with Crippen LogP contribution < -0.4 is 14.0 Å². The van der Waals surface area contributed by atoms with Crippen LogP contribution in [-0.4, -0.2) is 94.0 Å². The van der Waals surface area contributed by atoms with E-state index in [9.17, 15) is 4.79 Å². The van der Waals surface area contributed by atoms with E-state index in [1.807, 2.05) is 168 Å². The standard InChI is InChI=1S/C35H27O4P.C28H32NO4P.C21H13Br2O2P.C17H20NO2P.C11H14NO2P.C5H11O2P/c1-36-28-12-4-22(5-13-28)24-8-16-30-26(20-24)10-18-32-34(30)35-31-17-9-25(23-6-14-29(37-2)15-7-23)21-27(31)11-19-33(35)39-40(3)38-32;1-4-5-20-31-28(30)27-25-18-12-13-19-26(25)32-34(33-27)29(21(2)23-14-8-6-9-15-23)22(3)24-16-10-7-11-17-24;1-26-24-18-8-2-12-10-14(22)4-6-16(12)20(18)21-17-7-5-15(23)11-13(17)3-9-19(21)25-26;1-18(2)21-19-16(14-9-5-3-6-10-14)13-17(20-21)15-11-7-4-8-12-15;1-12(2)15-13-10-7-8-5-3-4-6-9(8)11(10)14-15;1-4-5(2)7-8(3)6-4/h4-21H,1-3H3;6-19,21-22,27H,4-5,20H2,1-3H3;2-11H,1H3;3-12,16-17H,13H2,1-2H3;3-6,10-11H,7H2,1-2H3;4-5H,1-3H3/t;21-,22-,27-,34?;;16-,17-;10-,11?,15?;4-,5-/m.0.110/s1. The molecule has 18 aromatic rings. The molecule has 11 atom stereocenters. The summed E-state index contributed by atoms with van der Waals surface area (Å²) in [5, 5.41) is 13.6. The SMILES string of the molecule is CCCCOC(=O)[C@H]1OP(N([C@@H](C)c2ccccc2)[C@@H](C)c2ccccc2)Oc2ccccc21.CN(C)P1OC2c3ccccc3C[C@H]2O1.CN(C)P1O[C@@H](c2ccccc2)C[C@H](c2ccccc2)O1.COc1ccc(-c2ccc3c(ccc4op(C)oc5ccc6cc(-c7ccc(OC)cc7)ccc6c5c43)c2)cc1.C[C@@H]1OP(C)O[C@H]1C.Cp1oc2ccc3cc(Br)ccc3c2c2c(ccc3cc(Br)ccc32)o1. The van der Waals surface area contributed by atoms with E-state index in [0.29, 0.717) is 30.1 Å². The molecular formula is C117H117Br2N3O16P6. The molecule has 3 saturated heterocycles. The number of esters is 1. The average Bonchev–Trinajstić information content (AvgIpc) is 1.67. The van der Waals surface area contributed by atoms with Crippen LogP contribution >= 0.6 is 81.8 Å². The first kappa shape index (κ1) is 103. The number of carbonyl (C=O) groups excluding carboxylic acids is 1. The van der Waals surface area contributed by atoms with Crippen LogP contribution in [0.5, 0.6) is 17.2 Å². The molecule has 27 heteroatoms. The first-order valence-corrected chi connectivity index (χ1v) is 58.1. The van der Waals surface area contributed by atoms with Gasteiger partial charge in [0.2, 0.25) is 16.0 Å². The molecule has 0 bridgehead atoms. The van der Waals surface area contributed by atoms with Gasteiger partial charge in [-0.05, 0) is 252 Å². The Morgan fingerprint density at radius 2 is 0.799 bits per heavy atom. The molecular weight excluding hydrogens is 2050 g/mol. The monoisotopic (exact) mass is 2160 g/mol. The predicted octanol–water partition coefficient (Wildman–Crippen LogP) is 35.6. The van der Waals surface area contributed by atoms with Crippen LogP contribution in [0.3, 0.4) is 0 Å². The number of methoxy groups -OCH3 is 2. The topological polar surface area (TPSA) is 181 Å². The van der Waals surface area contributed by atoms with E-state index in [2.05, 4.69) is 300 Å². The molecule has 16 aromatic carbocycles. The molecule has 0 radical (unpaired) electrons. The van der Waals surface area contributed by atoms with Crippen molar-refractivity contribution in [2.24, 2.45) is 13.3 Å². The maximum Gasteiger partial charge on any atom is 0.340 e. The molecule has 23 rings (SSSR count).